The molecule has 1 rings (SSSR count). The van der Waals surface area contributed by atoms with Gasteiger partial charge in [0, 0.05) is 6.08 Å². The molecule has 0 unspecified atom stereocenters. The van der Waals surface area contributed by atoms with Gasteiger partial charge in [-0.3, -0.25) is 0 Å². The average molecular weight is 208 g/mol. The van der Waals surface area contributed by atoms with Crippen LogP contribution in [-0.2, 0) is 9.53 Å². The number of esters is 1. The largest absolute Gasteiger partial charge is 0.504 e. The van der Waals surface area contributed by atoms with Crippen molar-refractivity contribution in [1.29, 1.82) is 0 Å². The molecule has 0 heterocycles. The molecular formula is C11H12O4. The predicted octanol–water partition coefficient (Wildman–Crippen LogP) is 1.67. The fourth-order valence-electron chi connectivity index (χ4n) is 1.09. The summed E-state index contributed by atoms with van der Waals surface area (Å²) in [5.41, 5.74) is 1.30. The first-order valence-electron chi connectivity index (χ1n) is 4.33. The summed E-state index contributed by atoms with van der Waals surface area (Å²) in [4.78, 5) is 10.9. The van der Waals surface area contributed by atoms with E-state index in [1.165, 1.54) is 25.3 Å². The predicted molar refractivity (Wildman–Crippen MR) is 55.4 cm³/mol. The summed E-state index contributed by atoms with van der Waals surface area (Å²) in [5.74, 6) is -0.866. The molecule has 0 fully saturated rings. The lowest BCUT2D eigenvalue weighted by atomic mass is 10.1. The number of benzene rings is 1. The van der Waals surface area contributed by atoms with Crippen LogP contribution in [0.1, 0.15) is 12.5 Å². The monoisotopic (exact) mass is 208 g/mol. The van der Waals surface area contributed by atoms with Crippen molar-refractivity contribution < 1.29 is 19.7 Å². The Balaban J connectivity index is 3.01. The van der Waals surface area contributed by atoms with E-state index >= 15 is 0 Å². The van der Waals surface area contributed by atoms with E-state index in [0.29, 0.717) is 11.1 Å². The highest BCUT2D eigenvalue weighted by molar-refractivity contribution is 5.90. The quantitative estimate of drug-likeness (QED) is 0.441. The van der Waals surface area contributed by atoms with Gasteiger partial charge in [-0.2, -0.15) is 0 Å². The van der Waals surface area contributed by atoms with E-state index in [1.54, 1.807) is 13.0 Å². The highest BCUT2D eigenvalue weighted by Gasteiger charge is 2.03. The van der Waals surface area contributed by atoms with E-state index in [2.05, 4.69) is 4.74 Å². The Bertz CT molecular complexity index is 407. The molecule has 0 bridgehead atoms. The van der Waals surface area contributed by atoms with Gasteiger partial charge in [0.25, 0.3) is 0 Å². The van der Waals surface area contributed by atoms with E-state index in [0.717, 1.165) is 0 Å². The van der Waals surface area contributed by atoms with Gasteiger partial charge in [-0.05, 0) is 30.2 Å². The summed E-state index contributed by atoms with van der Waals surface area (Å²) in [7, 11) is 1.29. The zero-order valence-corrected chi connectivity index (χ0v) is 8.52. The van der Waals surface area contributed by atoms with Crippen molar-refractivity contribution in [2.24, 2.45) is 0 Å². The fourth-order valence-corrected chi connectivity index (χ4v) is 1.09. The number of hydrogen-bond donors (Lipinski definition) is 2. The van der Waals surface area contributed by atoms with Crippen molar-refractivity contribution >= 4 is 11.5 Å². The molecule has 1 aromatic carbocycles. The van der Waals surface area contributed by atoms with Crippen molar-refractivity contribution in [3.05, 3.63) is 29.8 Å². The minimum atomic E-state index is -0.458. The van der Waals surface area contributed by atoms with Gasteiger partial charge in [0.1, 0.15) is 0 Å². The normalized spacial score (nSPS) is 11.2. The third kappa shape index (κ3) is 2.74. The van der Waals surface area contributed by atoms with Gasteiger partial charge in [0.15, 0.2) is 11.5 Å². The van der Waals surface area contributed by atoms with Gasteiger partial charge in [-0.1, -0.05) is 6.07 Å². The molecule has 15 heavy (non-hydrogen) atoms. The van der Waals surface area contributed by atoms with Crippen LogP contribution in [0.2, 0.25) is 0 Å². The molecule has 0 aliphatic rings. The van der Waals surface area contributed by atoms with Crippen LogP contribution in [0.25, 0.3) is 5.57 Å². The molecule has 0 spiro atoms. The number of allylic oxidation sites excluding steroid dienone is 1. The molecule has 0 saturated heterocycles. The number of methoxy groups -OCH3 is 1. The van der Waals surface area contributed by atoms with Crippen molar-refractivity contribution in [3.63, 3.8) is 0 Å². The lowest BCUT2D eigenvalue weighted by molar-refractivity contribution is -0.134. The van der Waals surface area contributed by atoms with Crippen LogP contribution in [0.3, 0.4) is 0 Å². The maximum Gasteiger partial charge on any atom is 0.330 e. The highest BCUT2D eigenvalue weighted by Crippen LogP contribution is 2.27. The third-order valence-electron chi connectivity index (χ3n) is 1.97. The van der Waals surface area contributed by atoms with Crippen molar-refractivity contribution in [2.75, 3.05) is 7.11 Å². The van der Waals surface area contributed by atoms with Gasteiger partial charge >= 0.3 is 5.97 Å². The van der Waals surface area contributed by atoms with Crippen molar-refractivity contribution in [1.82, 2.24) is 0 Å². The van der Waals surface area contributed by atoms with Gasteiger partial charge in [-0.15, -0.1) is 0 Å². The van der Waals surface area contributed by atoms with Crippen molar-refractivity contribution in [2.45, 2.75) is 6.92 Å². The van der Waals surface area contributed by atoms with Crippen LogP contribution in [-0.4, -0.2) is 23.3 Å². The molecule has 0 aliphatic heterocycles. The zero-order valence-electron chi connectivity index (χ0n) is 8.52. The second kappa shape index (κ2) is 4.50. The summed E-state index contributed by atoms with van der Waals surface area (Å²) in [5, 5.41) is 18.3. The Kier molecular flexibility index (Phi) is 3.33. The molecule has 0 aliphatic carbocycles. The van der Waals surface area contributed by atoms with Crippen LogP contribution in [0.4, 0.5) is 0 Å². The Morgan fingerprint density at radius 1 is 1.33 bits per heavy atom. The Hall–Kier alpha value is -1.97. The number of phenolic OH excluding ortho intramolecular Hbond substituents is 2. The van der Waals surface area contributed by atoms with Crippen LogP contribution in [0.15, 0.2) is 24.3 Å². The van der Waals surface area contributed by atoms with E-state index < -0.39 is 5.97 Å². The van der Waals surface area contributed by atoms with Crippen LogP contribution >= 0.6 is 0 Å². The smallest absolute Gasteiger partial charge is 0.330 e. The number of aromatic hydroxyl groups is 2. The summed E-state index contributed by atoms with van der Waals surface area (Å²) in [6.07, 6.45) is 1.31. The first-order chi connectivity index (χ1) is 7.04. The van der Waals surface area contributed by atoms with Crippen LogP contribution < -0.4 is 0 Å². The standard InChI is InChI=1S/C11H12O4/c1-7(5-11(14)15-2)8-3-4-9(12)10(13)6-8/h3-6,12-13H,1-2H3/b7-5+. The number of ether oxygens (including phenoxy) is 1. The van der Waals surface area contributed by atoms with Crippen LogP contribution in [0.5, 0.6) is 11.5 Å². The van der Waals surface area contributed by atoms with E-state index in [9.17, 15) is 9.90 Å². The summed E-state index contributed by atoms with van der Waals surface area (Å²) >= 11 is 0. The number of carbonyl (C=O) groups is 1. The summed E-state index contributed by atoms with van der Waals surface area (Å²) in [6.45, 7) is 1.71. The first-order valence-corrected chi connectivity index (χ1v) is 4.33. The Morgan fingerprint density at radius 3 is 2.53 bits per heavy atom. The lowest BCUT2D eigenvalue weighted by Gasteiger charge is -2.03. The third-order valence-corrected chi connectivity index (χ3v) is 1.97. The molecule has 4 nitrogen and oxygen atoms in total. The maximum absolute atomic E-state index is 10.9. The number of phenols is 2. The van der Waals surface area contributed by atoms with E-state index in [1.807, 2.05) is 0 Å². The van der Waals surface area contributed by atoms with Crippen molar-refractivity contribution in [3.8, 4) is 11.5 Å². The minimum Gasteiger partial charge on any atom is -0.504 e. The molecule has 1 aromatic rings. The molecule has 0 amide bonds. The molecule has 0 saturated carbocycles. The SMILES string of the molecule is COC(=O)/C=C(\C)c1ccc(O)c(O)c1. The first kappa shape index (κ1) is 11.1. The highest BCUT2D eigenvalue weighted by atomic mass is 16.5. The summed E-state index contributed by atoms with van der Waals surface area (Å²) in [6, 6.07) is 4.34. The molecule has 2 N–H and O–H groups in total. The second-order valence-electron chi connectivity index (χ2n) is 3.05. The summed E-state index contributed by atoms with van der Waals surface area (Å²) < 4.78 is 4.47. The molecule has 80 valence electrons. The molecule has 4 heteroatoms. The van der Waals surface area contributed by atoms with Gasteiger partial charge in [0.2, 0.25) is 0 Å². The number of rotatable bonds is 2. The Morgan fingerprint density at radius 2 is 2.00 bits per heavy atom. The van der Waals surface area contributed by atoms with Gasteiger partial charge in [0.05, 0.1) is 7.11 Å². The zero-order chi connectivity index (χ0) is 11.4. The minimum absolute atomic E-state index is 0.190. The average Bonchev–Trinajstić information content (AvgIpc) is 2.21. The molecular weight excluding hydrogens is 196 g/mol. The van der Waals surface area contributed by atoms with Gasteiger partial charge in [-0.25, -0.2) is 4.79 Å². The van der Waals surface area contributed by atoms with Crippen LogP contribution in [0, 0.1) is 0 Å². The van der Waals surface area contributed by atoms with E-state index in [4.69, 9.17) is 5.11 Å². The topological polar surface area (TPSA) is 66.8 Å². The van der Waals surface area contributed by atoms with E-state index in [-0.39, 0.29) is 11.5 Å². The van der Waals surface area contributed by atoms with Gasteiger partial charge < -0.3 is 14.9 Å². The number of hydrogen-bond acceptors (Lipinski definition) is 4. The molecule has 0 atom stereocenters. The molecule has 0 radical (unpaired) electrons. The molecule has 0 aromatic heterocycles. The maximum atomic E-state index is 10.9. The Labute approximate surface area is 87.4 Å². The number of carbonyl (C=O) groups excluding carboxylic acids is 1. The fraction of sp³-hybridized carbons (Fsp3) is 0.182. The second-order valence-corrected chi connectivity index (χ2v) is 3.05. The lowest BCUT2D eigenvalue weighted by Crippen LogP contribution is -1.95.